The Morgan fingerprint density at radius 2 is 1.97 bits per heavy atom. The van der Waals surface area contributed by atoms with Crippen molar-refractivity contribution >= 4 is 23.2 Å². The zero-order valence-corrected chi connectivity index (χ0v) is 18.1. The van der Waals surface area contributed by atoms with Gasteiger partial charge >= 0.3 is 0 Å². The molecule has 0 radical (unpaired) electrons. The second-order valence-corrected chi connectivity index (χ2v) is 9.24. The van der Waals surface area contributed by atoms with Crippen LogP contribution in [0.4, 0.5) is 0 Å². The quantitative estimate of drug-likeness (QED) is 0.618. The van der Waals surface area contributed by atoms with Gasteiger partial charge < -0.3 is 9.80 Å². The largest absolute Gasteiger partial charge is 0.338 e. The zero-order valence-electron chi connectivity index (χ0n) is 17.3. The van der Waals surface area contributed by atoms with E-state index in [9.17, 15) is 9.59 Å². The average molecular weight is 436 g/mol. The lowest BCUT2D eigenvalue weighted by Crippen LogP contribution is -2.39. The van der Waals surface area contributed by atoms with E-state index in [1.165, 1.54) is 11.1 Å². The monoisotopic (exact) mass is 435 g/mol. The summed E-state index contributed by atoms with van der Waals surface area (Å²) in [6.45, 7) is 2.65. The van der Waals surface area contributed by atoms with Gasteiger partial charge in [-0.05, 0) is 41.8 Å². The van der Waals surface area contributed by atoms with E-state index in [1.54, 1.807) is 22.2 Å². The molecule has 2 amide bonds. The Balaban J connectivity index is 1.22. The molecule has 0 bridgehead atoms. The maximum atomic E-state index is 13.0. The fourth-order valence-electron chi connectivity index (χ4n) is 4.55. The maximum absolute atomic E-state index is 13.0. The van der Waals surface area contributed by atoms with E-state index in [0.717, 1.165) is 30.7 Å². The molecular formula is C23H25N5O2S. The normalized spacial score (nSPS) is 18.3. The Bertz CT molecular complexity index is 1080. The number of hydrogen-bond donors (Lipinski definition) is 0. The van der Waals surface area contributed by atoms with Crippen LogP contribution in [0, 0.1) is 0 Å². The summed E-state index contributed by atoms with van der Waals surface area (Å²) in [6, 6.07) is 12.3. The fraction of sp³-hybridized carbons (Fsp3) is 0.391. The van der Waals surface area contributed by atoms with Gasteiger partial charge in [-0.2, -0.15) is 0 Å². The summed E-state index contributed by atoms with van der Waals surface area (Å²) in [4.78, 5) is 30.6. The first kappa shape index (κ1) is 19.9. The molecular weight excluding hydrogens is 410 g/mol. The summed E-state index contributed by atoms with van der Waals surface area (Å²) in [5, 5.41) is 10.3. The molecule has 2 aliphatic rings. The number of hydrogen-bond acceptors (Lipinski definition) is 5. The zero-order chi connectivity index (χ0) is 21.2. The van der Waals surface area contributed by atoms with Crippen LogP contribution in [0.15, 0.2) is 48.0 Å². The van der Waals surface area contributed by atoms with Crippen LogP contribution < -0.4 is 0 Å². The first-order chi connectivity index (χ1) is 15.2. The van der Waals surface area contributed by atoms with Crippen molar-refractivity contribution < 1.29 is 9.59 Å². The smallest absolute Gasteiger partial charge is 0.276 e. The van der Waals surface area contributed by atoms with E-state index in [2.05, 4.69) is 22.4 Å². The number of amides is 2. The van der Waals surface area contributed by atoms with Gasteiger partial charge in [0.15, 0.2) is 5.69 Å². The minimum Gasteiger partial charge on any atom is -0.338 e. The molecule has 2 aliphatic heterocycles. The molecule has 5 rings (SSSR count). The predicted molar refractivity (Wildman–Crippen MR) is 118 cm³/mol. The van der Waals surface area contributed by atoms with Crippen LogP contribution in [-0.2, 0) is 30.7 Å². The van der Waals surface area contributed by atoms with Crippen molar-refractivity contribution in [1.29, 1.82) is 0 Å². The maximum Gasteiger partial charge on any atom is 0.276 e. The highest BCUT2D eigenvalue weighted by Crippen LogP contribution is 2.22. The lowest BCUT2D eigenvalue weighted by Gasteiger charge is -2.28. The van der Waals surface area contributed by atoms with Gasteiger partial charge in [0.2, 0.25) is 5.91 Å². The van der Waals surface area contributed by atoms with Gasteiger partial charge in [-0.1, -0.05) is 35.5 Å². The van der Waals surface area contributed by atoms with E-state index in [0.29, 0.717) is 31.7 Å². The minimum atomic E-state index is -0.0854. The molecule has 3 aromatic rings. The van der Waals surface area contributed by atoms with Gasteiger partial charge in [0.25, 0.3) is 5.91 Å². The second kappa shape index (κ2) is 8.63. The average Bonchev–Trinajstić information content (AvgIpc) is 3.55. The Hall–Kier alpha value is -3.00. The van der Waals surface area contributed by atoms with Crippen LogP contribution >= 0.6 is 11.3 Å². The molecule has 4 heterocycles. The van der Waals surface area contributed by atoms with Gasteiger partial charge in [0.1, 0.15) is 0 Å². The van der Waals surface area contributed by atoms with E-state index in [4.69, 9.17) is 0 Å². The molecule has 1 atom stereocenters. The van der Waals surface area contributed by atoms with Gasteiger partial charge in [0.05, 0.1) is 25.2 Å². The summed E-state index contributed by atoms with van der Waals surface area (Å²) < 4.78 is 1.71. The molecule has 160 valence electrons. The van der Waals surface area contributed by atoms with Crippen molar-refractivity contribution in [2.75, 3.05) is 13.1 Å². The Morgan fingerprint density at radius 1 is 1.10 bits per heavy atom. The number of carbonyl (C=O) groups is 2. The van der Waals surface area contributed by atoms with Gasteiger partial charge in [-0.15, -0.1) is 16.4 Å². The number of carbonyl (C=O) groups excluding carboxylic acids is 2. The van der Waals surface area contributed by atoms with E-state index >= 15 is 0 Å². The van der Waals surface area contributed by atoms with Crippen molar-refractivity contribution in [2.24, 2.45) is 0 Å². The van der Waals surface area contributed by atoms with Gasteiger partial charge in [-0.3, -0.25) is 9.59 Å². The Labute approximate surface area is 185 Å². The third-order valence-corrected chi connectivity index (χ3v) is 7.05. The number of rotatable bonds is 5. The van der Waals surface area contributed by atoms with E-state index in [-0.39, 0.29) is 17.9 Å². The molecule has 0 saturated carbocycles. The fourth-order valence-corrected chi connectivity index (χ4v) is 5.25. The highest BCUT2D eigenvalue weighted by Gasteiger charge is 2.30. The van der Waals surface area contributed by atoms with Gasteiger partial charge in [0, 0.05) is 24.5 Å². The first-order valence-electron chi connectivity index (χ1n) is 10.8. The number of nitrogens with zero attached hydrogens (tertiary/aromatic N) is 5. The number of aromatic nitrogens is 3. The lowest BCUT2D eigenvalue weighted by molar-refractivity contribution is -0.131. The van der Waals surface area contributed by atoms with Crippen molar-refractivity contribution in [3.8, 4) is 0 Å². The molecule has 31 heavy (non-hydrogen) atoms. The predicted octanol–water partition coefficient (Wildman–Crippen LogP) is 2.77. The molecule has 1 aromatic carbocycles. The molecule has 8 heteroatoms. The molecule has 0 aliphatic carbocycles. The molecule has 1 fully saturated rings. The van der Waals surface area contributed by atoms with Crippen molar-refractivity contribution in [3.63, 3.8) is 0 Å². The van der Waals surface area contributed by atoms with Crippen molar-refractivity contribution in [1.82, 2.24) is 24.8 Å². The van der Waals surface area contributed by atoms with Crippen LogP contribution in [0.25, 0.3) is 0 Å². The third kappa shape index (κ3) is 4.25. The Morgan fingerprint density at radius 3 is 2.81 bits per heavy atom. The molecule has 0 unspecified atom stereocenters. The molecule has 0 spiro atoms. The summed E-state index contributed by atoms with van der Waals surface area (Å²) >= 11 is 1.61. The summed E-state index contributed by atoms with van der Waals surface area (Å²) in [6.07, 6.45) is 4.98. The summed E-state index contributed by atoms with van der Waals surface area (Å²) in [5.74, 6) is 0.0751. The Kier molecular flexibility index (Phi) is 5.55. The van der Waals surface area contributed by atoms with Gasteiger partial charge in [-0.25, -0.2) is 4.68 Å². The van der Waals surface area contributed by atoms with Crippen LogP contribution in [-0.4, -0.2) is 55.7 Å². The number of likely N-dealkylation sites (tertiary alicyclic amines) is 1. The number of thiophene rings is 1. The highest BCUT2D eigenvalue weighted by molar-refractivity contribution is 7.10. The van der Waals surface area contributed by atoms with Crippen LogP contribution in [0.1, 0.15) is 39.3 Å². The van der Waals surface area contributed by atoms with Crippen LogP contribution in [0.2, 0.25) is 0 Å². The van der Waals surface area contributed by atoms with E-state index < -0.39 is 0 Å². The SMILES string of the molecule is O=C(c1cn(C[C@@H]2CCCN2C(=O)Cc2cccs2)nn1)N1CCc2ccccc2C1. The molecule has 1 saturated heterocycles. The minimum absolute atomic E-state index is 0.0854. The highest BCUT2D eigenvalue weighted by atomic mass is 32.1. The molecule has 0 N–H and O–H groups in total. The second-order valence-electron chi connectivity index (χ2n) is 8.21. The van der Waals surface area contributed by atoms with Crippen molar-refractivity contribution in [2.45, 2.75) is 44.8 Å². The third-order valence-electron chi connectivity index (χ3n) is 6.18. The van der Waals surface area contributed by atoms with Crippen molar-refractivity contribution in [3.05, 3.63) is 69.7 Å². The number of fused-ring (bicyclic) bond motifs is 1. The molecule has 7 nitrogen and oxygen atoms in total. The van der Waals surface area contributed by atoms with Crippen LogP contribution in [0.3, 0.4) is 0 Å². The van der Waals surface area contributed by atoms with Crippen LogP contribution in [0.5, 0.6) is 0 Å². The first-order valence-corrected chi connectivity index (χ1v) is 11.6. The lowest BCUT2D eigenvalue weighted by atomic mass is 10.00. The summed E-state index contributed by atoms with van der Waals surface area (Å²) in [5.41, 5.74) is 2.87. The topological polar surface area (TPSA) is 71.3 Å². The number of benzene rings is 1. The standard InChI is InChI=1S/C23H25N5O2S/c29-22(13-20-8-4-12-31-20)28-10-3-7-19(28)15-27-16-21(24-25-27)23(30)26-11-9-17-5-1-2-6-18(17)14-26/h1-2,4-6,8,12,16,19H,3,7,9-11,13-15H2/t19-/m0/s1. The van der Waals surface area contributed by atoms with E-state index in [1.807, 2.05) is 39.4 Å². The summed E-state index contributed by atoms with van der Waals surface area (Å²) in [7, 11) is 0. The molecule has 2 aromatic heterocycles.